The Kier molecular flexibility index (Phi) is 15.0. The largest absolute Gasteiger partial charge is 0.324 e. The van der Waals surface area contributed by atoms with Gasteiger partial charge in [-0.15, -0.1) is 0 Å². The van der Waals surface area contributed by atoms with Crippen LogP contribution in [0.4, 0.5) is 0 Å². The van der Waals surface area contributed by atoms with E-state index in [1.54, 1.807) is 0 Å². The summed E-state index contributed by atoms with van der Waals surface area (Å²) < 4.78 is 2.65. The topological polar surface area (TPSA) is 0 Å². The van der Waals surface area contributed by atoms with Gasteiger partial charge in [0.25, 0.3) is 0 Å². The maximum absolute atomic E-state index is 2.36. The molecule has 0 aromatic rings. The molecule has 0 N–H and O–H groups in total. The zero-order chi connectivity index (χ0) is 19.0. The van der Waals surface area contributed by atoms with Crippen LogP contribution in [0.1, 0.15) is 99.3 Å². The fourth-order valence-corrected chi connectivity index (χ4v) is 4.42. The van der Waals surface area contributed by atoms with Crippen LogP contribution in [0.5, 0.6) is 0 Å². The predicted molar refractivity (Wildman–Crippen MR) is 115 cm³/mol. The molecular weight excluding hydrogens is 304 g/mol. The Hall–Kier alpha value is -0.0800. The smallest absolute Gasteiger partial charge is 0.0786 e. The first-order chi connectivity index (χ1) is 12.1. The molecule has 152 valence electrons. The van der Waals surface area contributed by atoms with Gasteiger partial charge in [0, 0.05) is 0 Å². The summed E-state index contributed by atoms with van der Waals surface area (Å²) >= 11 is 0. The van der Waals surface area contributed by atoms with Crippen LogP contribution in [0.2, 0.25) is 0 Å². The second-order valence-electron chi connectivity index (χ2n) is 8.21. The molecule has 0 bridgehead atoms. The van der Waals surface area contributed by atoms with E-state index in [-0.39, 0.29) is 0 Å². The van der Waals surface area contributed by atoms with Gasteiger partial charge in [0.1, 0.15) is 0 Å². The van der Waals surface area contributed by atoms with Crippen LogP contribution in [0, 0.1) is 0 Å². The van der Waals surface area contributed by atoms with E-state index in [1.165, 1.54) is 119 Å². The molecule has 0 aliphatic heterocycles. The van der Waals surface area contributed by atoms with Gasteiger partial charge in [0.05, 0.1) is 52.4 Å². The molecule has 0 atom stereocenters. The highest BCUT2D eigenvalue weighted by Crippen LogP contribution is 2.14. The molecule has 0 fully saturated rings. The second-order valence-corrected chi connectivity index (χ2v) is 8.21. The molecule has 2 nitrogen and oxygen atoms in total. The van der Waals surface area contributed by atoms with Crippen molar-refractivity contribution in [1.29, 1.82) is 0 Å². The lowest BCUT2D eigenvalue weighted by atomic mass is 10.1. The first kappa shape index (κ1) is 24.9. The van der Waals surface area contributed by atoms with Crippen LogP contribution in [0.25, 0.3) is 0 Å². The lowest BCUT2D eigenvalue weighted by Gasteiger charge is -2.36. The summed E-state index contributed by atoms with van der Waals surface area (Å²) in [4.78, 5) is 0. The van der Waals surface area contributed by atoms with Crippen LogP contribution in [0.3, 0.4) is 0 Å². The third-order valence-electron chi connectivity index (χ3n) is 7.29. The number of hydrogen-bond donors (Lipinski definition) is 0. The molecule has 0 saturated carbocycles. The lowest BCUT2D eigenvalue weighted by molar-refractivity contribution is -0.923. The molecule has 0 unspecified atom stereocenters. The molecule has 0 radical (unpaired) electrons. The van der Waals surface area contributed by atoms with E-state index in [1.807, 2.05) is 0 Å². The van der Waals surface area contributed by atoms with E-state index < -0.39 is 0 Å². The Labute approximate surface area is 161 Å². The highest BCUT2D eigenvalue weighted by Gasteiger charge is 2.20. The fourth-order valence-electron chi connectivity index (χ4n) is 4.42. The summed E-state index contributed by atoms with van der Waals surface area (Å²) in [6.07, 6.45) is 13.1. The van der Waals surface area contributed by atoms with Gasteiger partial charge in [-0.25, -0.2) is 0 Å². The molecule has 0 amide bonds. The van der Waals surface area contributed by atoms with E-state index in [0.29, 0.717) is 0 Å². The van der Waals surface area contributed by atoms with Gasteiger partial charge in [0.2, 0.25) is 0 Å². The van der Waals surface area contributed by atoms with E-state index in [2.05, 4.69) is 41.5 Å². The fraction of sp³-hybridized carbons (Fsp3) is 1.00. The van der Waals surface area contributed by atoms with Crippen molar-refractivity contribution in [3.05, 3.63) is 0 Å². The number of quaternary nitrogens is 2. The molecule has 0 rings (SSSR count). The maximum Gasteiger partial charge on any atom is 0.0786 e. The highest BCUT2D eigenvalue weighted by atomic mass is 15.3. The Morgan fingerprint density at radius 3 is 0.720 bits per heavy atom. The standard InChI is InChI=1S/C23H52N2/c1-7-24(8-2,9-3)22-20-18-16-14-13-15-17-19-21-23-25(10-4,11-5)12-6/h7-23H2,1-6H3/q+2. The Bertz CT molecular complexity index is 235. The van der Waals surface area contributed by atoms with Crippen LogP contribution >= 0.6 is 0 Å². The van der Waals surface area contributed by atoms with Gasteiger partial charge in [-0.1, -0.05) is 32.1 Å². The van der Waals surface area contributed by atoms with Crippen LogP contribution in [-0.2, 0) is 0 Å². The number of nitrogens with zero attached hydrogens (tertiary/aromatic N) is 2. The second kappa shape index (κ2) is 15.0. The molecule has 0 saturated heterocycles. The first-order valence-electron chi connectivity index (χ1n) is 11.8. The minimum absolute atomic E-state index is 1.31. The summed E-state index contributed by atoms with van der Waals surface area (Å²) in [5, 5.41) is 0. The Balaban J connectivity index is 3.54. The van der Waals surface area contributed by atoms with Crippen LogP contribution in [0.15, 0.2) is 0 Å². The quantitative estimate of drug-likeness (QED) is 0.201. The van der Waals surface area contributed by atoms with E-state index >= 15 is 0 Å². The average Bonchev–Trinajstić information content (AvgIpc) is 2.67. The molecule has 25 heavy (non-hydrogen) atoms. The summed E-state index contributed by atoms with van der Waals surface area (Å²) in [5.41, 5.74) is 0. The van der Waals surface area contributed by atoms with Crippen LogP contribution in [-0.4, -0.2) is 61.3 Å². The maximum atomic E-state index is 2.36. The van der Waals surface area contributed by atoms with Crippen molar-refractivity contribution in [3.8, 4) is 0 Å². The predicted octanol–water partition coefficient (Wildman–Crippen LogP) is 6.25. The van der Waals surface area contributed by atoms with E-state index in [9.17, 15) is 0 Å². The van der Waals surface area contributed by atoms with Crippen molar-refractivity contribution in [2.24, 2.45) is 0 Å². The SMILES string of the molecule is CC[N+](CC)(CC)CCCCCCCCCCC[N+](CC)(CC)CC. The first-order valence-corrected chi connectivity index (χ1v) is 11.8. The number of unbranched alkanes of at least 4 members (excludes halogenated alkanes) is 8. The molecule has 0 aromatic heterocycles. The summed E-state index contributed by atoms with van der Waals surface area (Å²) in [6.45, 7) is 24.8. The minimum Gasteiger partial charge on any atom is -0.324 e. The molecule has 2 heteroatoms. The molecular formula is C23H52N2+2. The molecule has 0 aliphatic rings. The van der Waals surface area contributed by atoms with Gasteiger partial charge in [0.15, 0.2) is 0 Å². The van der Waals surface area contributed by atoms with Crippen molar-refractivity contribution in [1.82, 2.24) is 0 Å². The Morgan fingerprint density at radius 2 is 0.520 bits per heavy atom. The zero-order valence-electron chi connectivity index (χ0n) is 18.9. The Morgan fingerprint density at radius 1 is 0.320 bits per heavy atom. The minimum atomic E-state index is 1.31. The molecule has 0 spiro atoms. The summed E-state index contributed by atoms with van der Waals surface area (Å²) in [6, 6.07) is 0. The zero-order valence-corrected chi connectivity index (χ0v) is 18.9. The molecule has 0 heterocycles. The average molecular weight is 357 g/mol. The third kappa shape index (κ3) is 9.99. The monoisotopic (exact) mass is 356 g/mol. The van der Waals surface area contributed by atoms with E-state index in [0.717, 1.165) is 0 Å². The van der Waals surface area contributed by atoms with Crippen molar-refractivity contribution in [2.75, 3.05) is 52.4 Å². The normalized spacial score (nSPS) is 12.7. The summed E-state index contributed by atoms with van der Waals surface area (Å²) in [7, 11) is 0. The van der Waals surface area contributed by atoms with Gasteiger partial charge >= 0.3 is 0 Å². The van der Waals surface area contributed by atoms with Crippen LogP contribution < -0.4 is 0 Å². The van der Waals surface area contributed by atoms with Crippen molar-refractivity contribution >= 4 is 0 Å². The molecule has 0 aromatic carbocycles. The van der Waals surface area contributed by atoms with Crippen molar-refractivity contribution in [2.45, 2.75) is 99.3 Å². The number of hydrogen-bond acceptors (Lipinski definition) is 0. The van der Waals surface area contributed by atoms with Gasteiger partial charge in [-0.2, -0.15) is 0 Å². The van der Waals surface area contributed by atoms with Gasteiger partial charge in [-0.3, -0.25) is 0 Å². The van der Waals surface area contributed by atoms with Gasteiger partial charge < -0.3 is 8.97 Å². The van der Waals surface area contributed by atoms with Crippen molar-refractivity contribution in [3.63, 3.8) is 0 Å². The summed E-state index contributed by atoms with van der Waals surface area (Å²) in [5.74, 6) is 0. The van der Waals surface area contributed by atoms with Crippen molar-refractivity contribution < 1.29 is 8.97 Å². The number of rotatable bonds is 18. The molecule has 0 aliphatic carbocycles. The van der Waals surface area contributed by atoms with E-state index in [4.69, 9.17) is 0 Å². The van der Waals surface area contributed by atoms with Gasteiger partial charge in [-0.05, 0) is 67.2 Å². The lowest BCUT2D eigenvalue weighted by Crippen LogP contribution is -2.48. The highest BCUT2D eigenvalue weighted by molar-refractivity contribution is 4.49. The third-order valence-corrected chi connectivity index (χ3v) is 7.29.